The van der Waals surface area contributed by atoms with Crippen LogP contribution < -0.4 is 5.32 Å². The Bertz CT molecular complexity index is 931. The van der Waals surface area contributed by atoms with E-state index in [1.165, 1.54) is 17.8 Å². The number of thioether (sulfide) groups is 1. The van der Waals surface area contributed by atoms with Crippen LogP contribution in [0.1, 0.15) is 11.4 Å². The third-order valence-corrected chi connectivity index (χ3v) is 4.79. The van der Waals surface area contributed by atoms with Crippen LogP contribution in [-0.2, 0) is 16.1 Å². The van der Waals surface area contributed by atoms with Gasteiger partial charge in [0.15, 0.2) is 11.0 Å². The summed E-state index contributed by atoms with van der Waals surface area (Å²) in [6.45, 7) is 1.93. The number of amides is 1. The molecule has 27 heavy (non-hydrogen) atoms. The predicted molar refractivity (Wildman–Crippen MR) is 103 cm³/mol. The van der Waals surface area contributed by atoms with E-state index in [4.69, 9.17) is 4.74 Å². The minimum atomic E-state index is -0.353. The van der Waals surface area contributed by atoms with Crippen molar-refractivity contribution in [3.8, 4) is 5.69 Å². The van der Waals surface area contributed by atoms with Crippen molar-refractivity contribution in [2.45, 2.75) is 18.7 Å². The van der Waals surface area contributed by atoms with Crippen molar-refractivity contribution in [2.75, 3.05) is 18.2 Å². The van der Waals surface area contributed by atoms with Gasteiger partial charge in [-0.1, -0.05) is 36.0 Å². The number of aromatic nitrogens is 3. The van der Waals surface area contributed by atoms with E-state index in [9.17, 15) is 9.18 Å². The third-order valence-electron chi connectivity index (χ3n) is 3.86. The van der Waals surface area contributed by atoms with Gasteiger partial charge in [0.25, 0.3) is 0 Å². The van der Waals surface area contributed by atoms with Crippen molar-refractivity contribution in [1.82, 2.24) is 14.8 Å². The second-order valence-corrected chi connectivity index (χ2v) is 6.69. The first-order valence-corrected chi connectivity index (χ1v) is 9.25. The molecule has 3 rings (SSSR count). The highest BCUT2D eigenvalue weighted by molar-refractivity contribution is 7.99. The largest absolute Gasteiger partial charge is 0.377 e. The van der Waals surface area contributed by atoms with Crippen molar-refractivity contribution >= 4 is 23.4 Å². The molecule has 2 aromatic carbocycles. The molecule has 1 N–H and O–H groups in total. The number of para-hydroxylation sites is 1. The summed E-state index contributed by atoms with van der Waals surface area (Å²) in [5.41, 5.74) is 1.76. The second kappa shape index (κ2) is 8.79. The van der Waals surface area contributed by atoms with Crippen LogP contribution in [0.25, 0.3) is 5.69 Å². The number of hydrogen-bond acceptors (Lipinski definition) is 5. The number of methoxy groups -OCH3 is 1. The number of nitrogens with zero attached hydrogens (tertiary/aromatic N) is 3. The summed E-state index contributed by atoms with van der Waals surface area (Å²) in [5.74, 6) is 0.166. The van der Waals surface area contributed by atoms with E-state index < -0.39 is 0 Å². The van der Waals surface area contributed by atoms with Gasteiger partial charge in [-0.15, -0.1) is 10.2 Å². The molecule has 0 atom stereocenters. The number of halogens is 1. The monoisotopic (exact) mass is 386 g/mol. The maximum absolute atomic E-state index is 13.6. The topological polar surface area (TPSA) is 69.0 Å². The van der Waals surface area contributed by atoms with E-state index in [1.54, 1.807) is 26.2 Å². The van der Waals surface area contributed by atoms with Gasteiger partial charge >= 0.3 is 0 Å². The molecule has 0 fully saturated rings. The highest BCUT2D eigenvalue weighted by Crippen LogP contribution is 2.23. The minimum Gasteiger partial charge on any atom is -0.377 e. The molecule has 0 bridgehead atoms. The first-order valence-electron chi connectivity index (χ1n) is 8.26. The Kier molecular flexibility index (Phi) is 6.20. The molecule has 0 unspecified atom stereocenters. The lowest BCUT2D eigenvalue weighted by Gasteiger charge is -2.11. The molecule has 1 amide bonds. The van der Waals surface area contributed by atoms with Crippen LogP contribution >= 0.6 is 11.8 Å². The first kappa shape index (κ1) is 19.1. The van der Waals surface area contributed by atoms with Gasteiger partial charge in [-0.05, 0) is 31.2 Å². The molecule has 0 aliphatic rings. The average Bonchev–Trinajstić information content (AvgIpc) is 3.07. The van der Waals surface area contributed by atoms with Crippen LogP contribution in [0.2, 0.25) is 0 Å². The van der Waals surface area contributed by atoms with Crippen LogP contribution in [-0.4, -0.2) is 33.5 Å². The molecule has 1 heterocycles. The number of ether oxygens (including phenoxy) is 1. The van der Waals surface area contributed by atoms with E-state index in [0.29, 0.717) is 28.8 Å². The van der Waals surface area contributed by atoms with E-state index in [1.807, 2.05) is 34.9 Å². The number of anilines is 1. The first-order chi connectivity index (χ1) is 13.1. The molecule has 0 spiro atoms. The number of carbonyl (C=O) groups is 1. The fraction of sp³-hybridized carbons (Fsp3) is 0.211. The molecule has 0 aliphatic carbocycles. The van der Waals surface area contributed by atoms with Crippen LogP contribution in [0.5, 0.6) is 0 Å². The fourth-order valence-electron chi connectivity index (χ4n) is 2.51. The molecule has 0 aliphatic heterocycles. The van der Waals surface area contributed by atoms with Gasteiger partial charge in [-0.2, -0.15) is 0 Å². The van der Waals surface area contributed by atoms with E-state index in [0.717, 1.165) is 5.69 Å². The lowest BCUT2D eigenvalue weighted by Crippen LogP contribution is -2.15. The molecule has 140 valence electrons. The van der Waals surface area contributed by atoms with E-state index in [2.05, 4.69) is 15.5 Å². The van der Waals surface area contributed by atoms with Gasteiger partial charge in [0.05, 0.1) is 5.75 Å². The molecule has 3 aromatic rings. The highest BCUT2D eigenvalue weighted by Gasteiger charge is 2.16. The smallest absolute Gasteiger partial charge is 0.234 e. The zero-order valence-corrected chi connectivity index (χ0v) is 15.8. The second-order valence-electron chi connectivity index (χ2n) is 5.75. The summed E-state index contributed by atoms with van der Waals surface area (Å²) in [7, 11) is 1.59. The van der Waals surface area contributed by atoms with Crippen LogP contribution in [0.15, 0.2) is 53.7 Å². The van der Waals surface area contributed by atoms with Crippen LogP contribution in [0.3, 0.4) is 0 Å². The van der Waals surface area contributed by atoms with Crippen molar-refractivity contribution in [3.63, 3.8) is 0 Å². The van der Waals surface area contributed by atoms with Crippen molar-refractivity contribution in [3.05, 3.63) is 65.7 Å². The van der Waals surface area contributed by atoms with E-state index in [-0.39, 0.29) is 17.5 Å². The Morgan fingerprint density at radius 1 is 1.19 bits per heavy atom. The van der Waals surface area contributed by atoms with Crippen molar-refractivity contribution in [2.24, 2.45) is 0 Å². The minimum absolute atomic E-state index is 0.119. The standard InChI is InChI=1S/C19H19FN4O2S/c1-13-15(20)9-6-10-16(13)21-18(25)12-27-19-23-22-17(11-26-2)24(19)14-7-4-3-5-8-14/h3-10H,11-12H2,1-2H3,(H,21,25). The molecule has 1 aromatic heterocycles. The Labute approximate surface area is 160 Å². The quantitative estimate of drug-likeness (QED) is 0.629. The SMILES string of the molecule is COCc1nnc(SCC(=O)Nc2cccc(F)c2C)n1-c1ccccc1. The molecule has 0 saturated carbocycles. The predicted octanol–water partition coefficient (Wildman–Crippen LogP) is 3.59. The average molecular weight is 386 g/mol. The summed E-state index contributed by atoms with van der Waals surface area (Å²) in [6, 6.07) is 14.2. The lowest BCUT2D eigenvalue weighted by molar-refractivity contribution is -0.113. The maximum atomic E-state index is 13.6. The molecule has 0 saturated heterocycles. The zero-order chi connectivity index (χ0) is 19.2. The van der Waals surface area contributed by atoms with Gasteiger partial charge in [-0.3, -0.25) is 9.36 Å². The summed E-state index contributed by atoms with van der Waals surface area (Å²) in [6.07, 6.45) is 0. The molecular formula is C19H19FN4O2S. The normalized spacial score (nSPS) is 10.8. The van der Waals surface area contributed by atoms with Gasteiger partial charge in [0.2, 0.25) is 5.91 Å². The van der Waals surface area contributed by atoms with Gasteiger partial charge in [0.1, 0.15) is 12.4 Å². The van der Waals surface area contributed by atoms with Crippen LogP contribution in [0, 0.1) is 12.7 Å². The summed E-state index contributed by atoms with van der Waals surface area (Å²) in [4.78, 5) is 12.3. The summed E-state index contributed by atoms with van der Waals surface area (Å²) in [5, 5.41) is 11.6. The lowest BCUT2D eigenvalue weighted by atomic mass is 10.2. The van der Waals surface area contributed by atoms with E-state index >= 15 is 0 Å². The number of hydrogen-bond donors (Lipinski definition) is 1. The number of carbonyl (C=O) groups excluding carboxylic acids is 1. The number of benzene rings is 2. The maximum Gasteiger partial charge on any atom is 0.234 e. The summed E-state index contributed by atoms with van der Waals surface area (Å²) < 4.78 is 20.6. The fourth-order valence-corrected chi connectivity index (χ4v) is 3.28. The molecular weight excluding hydrogens is 367 g/mol. The van der Waals surface area contributed by atoms with Crippen molar-refractivity contribution < 1.29 is 13.9 Å². The highest BCUT2D eigenvalue weighted by atomic mass is 32.2. The summed E-state index contributed by atoms with van der Waals surface area (Å²) >= 11 is 1.25. The molecule has 6 nitrogen and oxygen atoms in total. The van der Waals surface area contributed by atoms with Gasteiger partial charge in [-0.25, -0.2) is 4.39 Å². The van der Waals surface area contributed by atoms with Crippen molar-refractivity contribution in [1.29, 1.82) is 0 Å². The third kappa shape index (κ3) is 4.53. The van der Waals surface area contributed by atoms with Gasteiger partial charge < -0.3 is 10.1 Å². The number of nitrogens with one attached hydrogen (secondary N) is 1. The molecule has 0 radical (unpaired) electrons. The Morgan fingerprint density at radius 3 is 2.70 bits per heavy atom. The zero-order valence-electron chi connectivity index (χ0n) is 15.0. The van der Waals surface area contributed by atoms with Gasteiger partial charge in [0, 0.05) is 24.0 Å². The van der Waals surface area contributed by atoms with Crippen LogP contribution in [0.4, 0.5) is 10.1 Å². The number of rotatable bonds is 7. The Balaban J connectivity index is 1.74. The Hall–Kier alpha value is -2.71. The Morgan fingerprint density at radius 2 is 1.96 bits per heavy atom. The molecule has 8 heteroatoms.